The number of furan rings is 1. The zero-order valence-corrected chi connectivity index (χ0v) is 9.36. The lowest BCUT2D eigenvalue weighted by Crippen LogP contribution is -2.14. The second-order valence-corrected chi connectivity index (χ2v) is 4.10. The van der Waals surface area contributed by atoms with E-state index >= 15 is 0 Å². The smallest absolute Gasteiger partial charge is 0.176 e. The molecule has 1 unspecified atom stereocenters. The molecular formula is C10H10BrNO3. The normalized spacial score (nSPS) is 13.3. The Balaban J connectivity index is 2.71. The topological polar surface area (TPSA) is 79.6 Å². The number of nitrogens with two attached hydrogens (primary N) is 1. The summed E-state index contributed by atoms with van der Waals surface area (Å²) < 4.78 is 5.93. The second kappa shape index (κ2) is 3.84. The van der Waals surface area contributed by atoms with E-state index in [0.717, 1.165) is 9.86 Å². The van der Waals surface area contributed by atoms with Gasteiger partial charge in [0.2, 0.25) is 0 Å². The van der Waals surface area contributed by atoms with Crippen LogP contribution in [-0.2, 0) is 0 Å². The maximum atomic E-state index is 9.86. The van der Waals surface area contributed by atoms with Crippen molar-refractivity contribution in [1.82, 2.24) is 0 Å². The molecule has 0 fully saturated rings. The molecule has 15 heavy (non-hydrogen) atoms. The van der Waals surface area contributed by atoms with Gasteiger partial charge in [0.1, 0.15) is 0 Å². The molecule has 0 spiro atoms. The van der Waals surface area contributed by atoms with Gasteiger partial charge in [-0.2, -0.15) is 0 Å². The van der Waals surface area contributed by atoms with Gasteiger partial charge in [0.05, 0.1) is 18.9 Å². The van der Waals surface area contributed by atoms with E-state index in [-0.39, 0.29) is 12.4 Å². The molecule has 4 N–H and O–H groups in total. The van der Waals surface area contributed by atoms with E-state index in [9.17, 15) is 5.11 Å². The molecular weight excluding hydrogens is 262 g/mol. The molecule has 1 heterocycles. The maximum absolute atomic E-state index is 9.86. The molecule has 0 saturated carbocycles. The highest BCUT2D eigenvalue weighted by Gasteiger charge is 2.17. The van der Waals surface area contributed by atoms with Crippen LogP contribution in [-0.4, -0.2) is 16.8 Å². The zero-order chi connectivity index (χ0) is 11.0. The lowest BCUT2D eigenvalue weighted by molar-refractivity contribution is 0.265. The van der Waals surface area contributed by atoms with Gasteiger partial charge < -0.3 is 20.4 Å². The summed E-state index contributed by atoms with van der Waals surface area (Å²) in [5.74, 6) is -0.0141. The van der Waals surface area contributed by atoms with E-state index < -0.39 is 6.04 Å². The monoisotopic (exact) mass is 271 g/mol. The fourth-order valence-electron chi connectivity index (χ4n) is 1.48. The first-order chi connectivity index (χ1) is 7.15. The number of aliphatic hydroxyl groups is 1. The first-order valence-electron chi connectivity index (χ1n) is 4.40. The highest BCUT2D eigenvalue weighted by molar-refractivity contribution is 9.10. The lowest BCUT2D eigenvalue weighted by atomic mass is 10.1. The van der Waals surface area contributed by atoms with Crippen LogP contribution in [0, 0.1) is 0 Å². The quantitative estimate of drug-likeness (QED) is 0.780. The maximum Gasteiger partial charge on any atom is 0.176 e. The fraction of sp³-hybridized carbons (Fsp3) is 0.200. The molecule has 5 heteroatoms. The predicted octanol–water partition coefficient (Wildman–Crippen LogP) is 1.89. The molecule has 0 amide bonds. The predicted molar refractivity (Wildman–Crippen MR) is 59.6 cm³/mol. The Morgan fingerprint density at radius 1 is 1.53 bits per heavy atom. The number of aliphatic hydroxyl groups excluding tert-OH is 1. The number of halogens is 1. The molecule has 2 rings (SSSR count). The summed E-state index contributed by atoms with van der Waals surface area (Å²) >= 11 is 3.35. The summed E-state index contributed by atoms with van der Waals surface area (Å²) in [4.78, 5) is 0. The number of hydrogen-bond donors (Lipinski definition) is 3. The molecule has 0 bridgehead atoms. The van der Waals surface area contributed by atoms with Crippen LogP contribution in [0.15, 0.2) is 27.3 Å². The summed E-state index contributed by atoms with van der Waals surface area (Å²) in [6.45, 7) is -0.230. The van der Waals surface area contributed by atoms with Crippen molar-refractivity contribution in [2.45, 2.75) is 6.04 Å². The number of benzene rings is 1. The summed E-state index contributed by atoms with van der Waals surface area (Å²) in [5, 5.41) is 19.6. The standard InChI is InChI=1S/C10H10BrNO3/c11-7-3-6(8(12)4-13)9(14)10-5(7)1-2-15-10/h1-3,8,13-14H,4,12H2. The van der Waals surface area contributed by atoms with Crippen molar-refractivity contribution in [3.63, 3.8) is 0 Å². The Labute approximate surface area is 94.4 Å². The first kappa shape index (κ1) is 10.5. The van der Waals surface area contributed by atoms with Crippen LogP contribution in [0.4, 0.5) is 0 Å². The minimum Gasteiger partial charge on any atom is -0.504 e. The zero-order valence-electron chi connectivity index (χ0n) is 7.77. The van der Waals surface area contributed by atoms with Gasteiger partial charge in [-0.1, -0.05) is 15.9 Å². The van der Waals surface area contributed by atoms with Gasteiger partial charge in [-0.15, -0.1) is 0 Å². The van der Waals surface area contributed by atoms with Crippen LogP contribution in [0.3, 0.4) is 0 Å². The third kappa shape index (κ3) is 1.62. The number of phenols is 1. The summed E-state index contributed by atoms with van der Waals surface area (Å²) in [7, 11) is 0. The van der Waals surface area contributed by atoms with Gasteiger partial charge in [-0.3, -0.25) is 0 Å². The van der Waals surface area contributed by atoms with Crippen molar-refractivity contribution in [3.05, 3.63) is 28.4 Å². The molecule has 80 valence electrons. The summed E-state index contributed by atoms with van der Waals surface area (Å²) in [6.07, 6.45) is 1.49. The van der Waals surface area contributed by atoms with Crippen molar-refractivity contribution >= 4 is 26.9 Å². The minimum absolute atomic E-state index is 0.0141. The SMILES string of the molecule is NC(CO)c1cc(Br)c2ccoc2c1O. The highest BCUT2D eigenvalue weighted by atomic mass is 79.9. The van der Waals surface area contributed by atoms with Crippen LogP contribution in [0.25, 0.3) is 11.0 Å². The van der Waals surface area contributed by atoms with E-state index in [1.807, 2.05) is 0 Å². The van der Waals surface area contributed by atoms with E-state index in [1.165, 1.54) is 6.26 Å². The molecule has 0 saturated heterocycles. The molecule has 0 radical (unpaired) electrons. The molecule has 0 aliphatic heterocycles. The van der Waals surface area contributed by atoms with Gasteiger partial charge >= 0.3 is 0 Å². The Kier molecular flexibility index (Phi) is 2.68. The molecule has 1 aromatic carbocycles. The van der Waals surface area contributed by atoms with E-state index in [1.54, 1.807) is 12.1 Å². The first-order valence-corrected chi connectivity index (χ1v) is 5.19. The van der Waals surface area contributed by atoms with Gasteiger partial charge in [0, 0.05) is 15.4 Å². The van der Waals surface area contributed by atoms with E-state index in [2.05, 4.69) is 15.9 Å². The van der Waals surface area contributed by atoms with Crippen molar-refractivity contribution in [1.29, 1.82) is 0 Å². The Morgan fingerprint density at radius 3 is 2.93 bits per heavy atom. The van der Waals surface area contributed by atoms with E-state index in [4.69, 9.17) is 15.3 Å². The van der Waals surface area contributed by atoms with Crippen molar-refractivity contribution in [3.8, 4) is 5.75 Å². The highest BCUT2D eigenvalue weighted by Crippen LogP contribution is 2.37. The van der Waals surface area contributed by atoms with Gasteiger partial charge in [-0.25, -0.2) is 0 Å². The summed E-state index contributed by atoms with van der Waals surface area (Å²) in [6, 6.07) is 2.82. The number of fused-ring (bicyclic) bond motifs is 1. The van der Waals surface area contributed by atoms with Crippen LogP contribution in [0.1, 0.15) is 11.6 Å². The second-order valence-electron chi connectivity index (χ2n) is 3.25. The fourth-order valence-corrected chi connectivity index (χ4v) is 2.03. The number of rotatable bonds is 2. The van der Waals surface area contributed by atoms with Crippen LogP contribution in [0.5, 0.6) is 5.75 Å². The molecule has 0 aliphatic carbocycles. The molecule has 2 aromatic rings. The van der Waals surface area contributed by atoms with E-state index in [0.29, 0.717) is 11.1 Å². The van der Waals surface area contributed by atoms with Crippen LogP contribution in [0.2, 0.25) is 0 Å². The molecule has 1 aromatic heterocycles. The average Bonchev–Trinajstić information content (AvgIpc) is 2.71. The van der Waals surface area contributed by atoms with Gasteiger partial charge in [0.25, 0.3) is 0 Å². The molecule has 0 aliphatic rings. The number of aromatic hydroxyl groups is 1. The third-order valence-electron chi connectivity index (χ3n) is 2.29. The van der Waals surface area contributed by atoms with Crippen molar-refractivity contribution < 1.29 is 14.6 Å². The lowest BCUT2D eigenvalue weighted by Gasteiger charge is -2.11. The molecule has 4 nitrogen and oxygen atoms in total. The van der Waals surface area contributed by atoms with Crippen LogP contribution < -0.4 is 5.73 Å². The minimum atomic E-state index is -0.615. The number of hydrogen-bond acceptors (Lipinski definition) is 4. The van der Waals surface area contributed by atoms with Gasteiger partial charge in [0.15, 0.2) is 11.3 Å². The third-order valence-corrected chi connectivity index (χ3v) is 2.95. The largest absolute Gasteiger partial charge is 0.504 e. The number of phenolic OH excluding ortho intramolecular Hbond substituents is 1. The van der Waals surface area contributed by atoms with Crippen LogP contribution >= 0.6 is 15.9 Å². The van der Waals surface area contributed by atoms with Crippen molar-refractivity contribution in [2.24, 2.45) is 5.73 Å². The van der Waals surface area contributed by atoms with Crippen molar-refractivity contribution in [2.75, 3.05) is 6.61 Å². The Hall–Kier alpha value is -1.04. The Bertz CT molecular complexity index is 495. The average molecular weight is 272 g/mol. The molecule has 1 atom stereocenters. The van der Waals surface area contributed by atoms with Gasteiger partial charge in [-0.05, 0) is 12.1 Å². The Morgan fingerprint density at radius 2 is 2.27 bits per heavy atom. The summed E-state index contributed by atoms with van der Waals surface area (Å²) in [5.41, 5.74) is 6.49.